The molecule has 0 N–H and O–H groups in total. The molecule has 0 heterocycles. The first kappa shape index (κ1) is 36.5. The maximum absolute atomic E-state index is 9.08. The Hall–Kier alpha value is -0.467. The van der Waals surface area contributed by atoms with Gasteiger partial charge < -0.3 is 0 Å². The van der Waals surface area contributed by atoms with Gasteiger partial charge in [-0.25, -0.2) is 0 Å². The van der Waals surface area contributed by atoms with Crippen LogP contribution in [0.25, 0.3) is 0 Å². The van der Waals surface area contributed by atoms with Crippen molar-refractivity contribution in [3.63, 3.8) is 0 Å². The number of rotatable bonds is 10. The second kappa shape index (κ2) is 25.8. The molecule has 0 saturated carbocycles. The van der Waals surface area contributed by atoms with E-state index >= 15 is 0 Å². The van der Waals surface area contributed by atoms with Gasteiger partial charge in [-0.2, -0.15) is 0 Å². The molecule has 37 heavy (non-hydrogen) atoms. The molecule has 0 aromatic heterocycles. The quantitative estimate of drug-likeness (QED) is 0.120. The van der Waals surface area contributed by atoms with Gasteiger partial charge >= 0.3 is 35.5 Å². The molecule has 206 valence electrons. The molecule has 3 aromatic carbocycles. The molecule has 1 nitrogen and oxygen atoms in total. The number of carbonyl (C=O) groups is 1. The number of carbonyl (C=O) groups excluding carboxylic acids is 1. The van der Waals surface area contributed by atoms with Gasteiger partial charge in [0.2, 0.25) is 0 Å². The predicted molar refractivity (Wildman–Crippen MR) is 175 cm³/mol. The van der Waals surface area contributed by atoms with Gasteiger partial charge in [-0.1, -0.05) is 156 Å². The normalized spacial score (nSPS) is 10.1. The summed E-state index contributed by atoms with van der Waals surface area (Å²) in [6.07, 6.45) is 7.89. The van der Waals surface area contributed by atoms with Crippen molar-refractivity contribution in [3.05, 3.63) is 91.0 Å². The minimum absolute atomic E-state index is 0.149. The van der Waals surface area contributed by atoms with Gasteiger partial charge in [-0.15, -0.1) is 0 Å². The Bertz CT molecular complexity index is 760. The summed E-state index contributed by atoms with van der Waals surface area (Å²) in [4.78, 5) is 9.81. The Morgan fingerprint density at radius 2 is 0.703 bits per heavy atom. The molecule has 0 bridgehead atoms. The van der Waals surface area contributed by atoms with E-state index in [9.17, 15) is 0 Å². The molecular formula is C31H46ClOP3Ru. The molecule has 0 aliphatic heterocycles. The van der Waals surface area contributed by atoms with E-state index in [1.807, 2.05) is 0 Å². The fraction of sp³-hybridized carbons (Fsp3) is 0.387. The zero-order valence-corrected chi connectivity index (χ0v) is 28.6. The van der Waals surface area contributed by atoms with Crippen molar-refractivity contribution in [2.75, 3.05) is 37.0 Å². The average Bonchev–Trinajstić information content (AvgIpc) is 2.98. The summed E-state index contributed by atoms with van der Waals surface area (Å²) in [5, 5.41) is 4.65. The Kier molecular flexibility index (Phi) is 25.5. The summed E-state index contributed by atoms with van der Waals surface area (Å²) in [6.45, 7) is 13.7. The number of benzene rings is 3. The average molecular weight is 664 g/mol. The van der Waals surface area contributed by atoms with Crippen LogP contribution in [0.4, 0.5) is 0 Å². The van der Waals surface area contributed by atoms with E-state index < -0.39 is 16.1 Å². The van der Waals surface area contributed by atoms with Crippen LogP contribution in [0.15, 0.2) is 91.0 Å². The van der Waals surface area contributed by atoms with Crippen molar-refractivity contribution < 1.29 is 20.9 Å². The Balaban J connectivity index is 0.000000490. The first-order valence-electron chi connectivity index (χ1n) is 13.1. The second-order valence-corrected chi connectivity index (χ2v) is 18.0. The summed E-state index contributed by atoms with van der Waals surface area (Å²) >= 11 is -0.469. The van der Waals surface area contributed by atoms with Crippen LogP contribution in [0.3, 0.4) is 0 Å². The molecule has 0 amide bonds. The van der Waals surface area contributed by atoms with Crippen LogP contribution < -0.4 is 15.9 Å². The van der Waals surface area contributed by atoms with E-state index in [4.69, 9.17) is 14.5 Å². The van der Waals surface area contributed by atoms with Crippen LogP contribution in [0.5, 0.6) is 0 Å². The van der Waals surface area contributed by atoms with Crippen LogP contribution in [0, 0.1) is 0 Å². The molecule has 0 unspecified atom stereocenters. The Morgan fingerprint density at radius 1 is 0.514 bits per heavy atom. The fourth-order valence-corrected chi connectivity index (χ4v) is 9.00. The minimum atomic E-state index is -0.469. The molecule has 0 saturated heterocycles. The third kappa shape index (κ3) is 17.0. The zero-order valence-electron chi connectivity index (χ0n) is 23.5. The van der Waals surface area contributed by atoms with Gasteiger partial charge in [0.15, 0.2) is 0 Å². The Labute approximate surface area is 243 Å². The van der Waals surface area contributed by atoms with E-state index in [-0.39, 0.29) is 23.8 Å². The van der Waals surface area contributed by atoms with Crippen LogP contribution in [-0.2, 0) is 20.9 Å². The third-order valence-corrected chi connectivity index (χ3v) is 13.9. The molecule has 0 spiro atoms. The third-order valence-electron chi connectivity index (χ3n) is 5.69. The van der Waals surface area contributed by atoms with Crippen LogP contribution in [0.2, 0.25) is 0 Å². The molecule has 3 aromatic rings. The Morgan fingerprint density at radius 3 is 0.838 bits per heavy atom. The van der Waals surface area contributed by atoms with Crippen molar-refractivity contribution in [3.8, 4) is 0 Å². The molecule has 0 aliphatic rings. The molecule has 0 radical (unpaired) electrons. The summed E-state index contributed by atoms with van der Waals surface area (Å²) in [7, 11) is 5.35. The van der Waals surface area contributed by atoms with Gasteiger partial charge in [0.05, 0.1) is 0 Å². The summed E-state index contributed by atoms with van der Waals surface area (Å²) < 4.78 is 0. The topological polar surface area (TPSA) is 17.1 Å². The van der Waals surface area contributed by atoms with E-state index in [0.717, 1.165) is 4.88 Å². The van der Waals surface area contributed by atoms with Crippen molar-refractivity contribution in [1.29, 1.82) is 0 Å². The summed E-state index contributed by atoms with van der Waals surface area (Å²) in [5.74, 6) is 0. The number of hydrogen-bond acceptors (Lipinski definition) is 1. The molecular weight excluding hydrogens is 618 g/mol. The van der Waals surface area contributed by atoms with E-state index in [0.29, 0.717) is 0 Å². The van der Waals surface area contributed by atoms with Crippen LogP contribution in [-0.4, -0.2) is 41.9 Å². The predicted octanol–water partition coefficient (Wildman–Crippen LogP) is 8.91. The fourth-order valence-electron chi connectivity index (χ4n) is 3.68. The molecule has 0 fully saturated rings. The monoisotopic (exact) mass is 664 g/mol. The first-order chi connectivity index (χ1) is 18.1. The van der Waals surface area contributed by atoms with E-state index in [1.54, 1.807) is 15.9 Å². The van der Waals surface area contributed by atoms with Gasteiger partial charge in [-0.3, -0.25) is 0 Å². The van der Waals surface area contributed by atoms with Crippen molar-refractivity contribution in [1.82, 2.24) is 0 Å². The van der Waals surface area contributed by atoms with Gasteiger partial charge in [0, 0.05) is 0 Å². The standard InChI is InChI=1S/3C10H15P.CHO.ClH.Ru/c3*1-3-11(4-2)10-8-6-5-7-9-10;1-2;;/h3*5-9H,3-4H2,1-2H3;1H;1H;/q;;;;;+1/p-1. The van der Waals surface area contributed by atoms with Crippen LogP contribution in [0.1, 0.15) is 41.5 Å². The van der Waals surface area contributed by atoms with E-state index in [1.165, 1.54) is 37.0 Å². The summed E-state index contributed by atoms with van der Waals surface area (Å²) in [6, 6.07) is 32.6. The SMILES string of the molecule is CCP(CC)c1ccccc1.CCP(CC)c1ccccc1.CCP(CC)c1ccccc1.O=[CH][Ru][Cl]. The molecule has 0 aliphatic carbocycles. The number of hydrogen-bond donors (Lipinski definition) is 0. The maximum atomic E-state index is 9.08. The first-order valence-corrected chi connectivity index (χ1v) is 21.5. The summed E-state index contributed by atoms with van der Waals surface area (Å²) in [5.41, 5.74) is 0. The van der Waals surface area contributed by atoms with Gasteiger partial charge in [0.1, 0.15) is 0 Å². The molecule has 0 atom stereocenters. The second-order valence-electron chi connectivity index (χ2n) is 7.68. The number of halogens is 1. The van der Waals surface area contributed by atoms with Gasteiger partial charge in [-0.05, 0) is 52.9 Å². The van der Waals surface area contributed by atoms with Gasteiger partial charge in [0.25, 0.3) is 0 Å². The molecule has 3 rings (SSSR count). The van der Waals surface area contributed by atoms with E-state index in [2.05, 4.69) is 133 Å². The van der Waals surface area contributed by atoms with Crippen molar-refractivity contribution in [2.24, 2.45) is 0 Å². The van der Waals surface area contributed by atoms with Crippen LogP contribution >= 0.6 is 33.5 Å². The zero-order chi connectivity index (χ0) is 27.7. The van der Waals surface area contributed by atoms with Crippen molar-refractivity contribution in [2.45, 2.75) is 41.5 Å². The molecule has 6 heteroatoms. The van der Waals surface area contributed by atoms with Crippen molar-refractivity contribution >= 4 is 54.2 Å².